The molecule has 2 N–H and O–H groups in total. The molecular weight excluding hydrogens is 258 g/mol. The third-order valence-corrected chi connectivity index (χ3v) is 3.93. The molecule has 18 heavy (non-hydrogen) atoms. The van der Waals surface area contributed by atoms with Gasteiger partial charge < -0.3 is 9.84 Å². The number of nitrogens with one attached hydrogen (secondary N) is 1. The van der Waals surface area contributed by atoms with E-state index in [9.17, 15) is 18.3 Å². The number of carbonyl (C=O) groups is 1. The van der Waals surface area contributed by atoms with Gasteiger partial charge in [-0.25, -0.2) is 13.2 Å². The summed E-state index contributed by atoms with van der Waals surface area (Å²) >= 11 is 0. The predicted molar refractivity (Wildman–Crippen MR) is 63.1 cm³/mol. The van der Waals surface area contributed by atoms with Crippen molar-refractivity contribution in [3.05, 3.63) is 35.0 Å². The lowest BCUT2D eigenvalue weighted by Crippen LogP contribution is -2.33. The highest BCUT2D eigenvalue weighted by Crippen LogP contribution is 2.29. The van der Waals surface area contributed by atoms with Gasteiger partial charge in [0.1, 0.15) is 0 Å². The molecule has 1 heterocycles. The molecule has 2 rings (SSSR count). The summed E-state index contributed by atoms with van der Waals surface area (Å²) < 4.78 is 30.3. The van der Waals surface area contributed by atoms with Crippen LogP contribution in [0.2, 0.25) is 0 Å². The van der Waals surface area contributed by atoms with Crippen LogP contribution in [-0.4, -0.2) is 26.6 Å². The van der Waals surface area contributed by atoms with Crippen molar-refractivity contribution in [1.29, 1.82) is 0 Å². The van der Waals surface area contributed by atoms with Crippen molar-refractivity contribution < 1.29 is 23.1 Å². The van der Waals surface area contributed by atoms with E-state index >= 15 is 0 Å². The summed E-state index contributed by atoms with van der Waals surface area (Å²) in [5.41, 5.74) is 0.335. The zero-order valence-electron chi connectivity index (χ0n) is 9.72. The summed E-state index contributed by atoms with van der Waals surface area (Å²) in [5.74, 6) is -1.38. The zero-order chi connectivity index (χ0) is 13.5. The van der Waals surface area contributed by atoms with Crippen molar-refractivity contribution in [1.82, 2.24) is 4.72 Å². The highest BCUT2D eigenvalue weighted by Gasteiger charge is 2.33. The number of aliphatic hydroxyl groups is 1. The maximum Gasteiger partial charge on any atom is 0.359 e. The first-order valence-corrected chi connectivity index (χ1v) is 6.50. The van der Waals surface area contributed by atoms with Gasteiger partial charge in [0, 0.05) is 5.56 Å². The fourth-order valence-corrected chi connectivity index (χ4v) is 3.01. The minimum absolute atomic E-state index is 0.0624. The molecule has 1 aliphatic rings. The Balaban J connectivity index is 2.74. The van der Waals surface area contributed by atoms with Crippen LogP contribution in [0.3, 0.4) is 0 Å². The highest BCUT2D eigenvalue weighted by molar-refractivity contribution is 7.89. The van der Waals surface area contributed by atoms with Gasteiger partial charge in [-0.3, -0.25) is 4.72 Å². The molecule has 0 aliphatic carbocycles. The van der Waals surface area contributed by atoms with Crippen LogP contribution >= 0.6 is 0 Å². The normalized spacial score (nSPS) is 16.8. The van der Waals surface area contributed by atoms with E-state index in [1.54, 1.807) is 13.0 Å². The first-order valence-electron chi connectivity index (χ1n) is 5.02. The maximum atomic E-state index is 11.9. The SMILES string of the molecule is COC(=O)C1=C(O)c2ccc(C)cc2S(=O)(=O)N1. The van der Waals surface area contributed by atoms with Crippen LogP contribution < -0.4 is 4.72 Å². The van der Waals surface area contributed by atoms with E-state index in [1.807, 2.05) is 4.72 Å². The molecule has 0 bridgehead atoms. The van der Waals surface area contributed by atoms with Gasteiger partial charge in [-0.1, -0.05) is 6.07 Å². The Bertz CT molecular complexity index is 660. The number of ether oxygens (including phenoxy) is 1. The van der Waals surface area contributed by atoms with E-state index in [0.717, 1.165) is 12.7 Å². The second-order valence-corrected chi connectivity index (χ2v) is 5.47. The molecule has 0 unspecified atom stereocenters. The third kappa shape index (κ3) is 1.82. The second-order valence-electron chi connectivity index (χ2n) is 3.82. The lowest BCUT2D eigenvalue weighted by molar-refractivity contribution is -0.136. The molecule has 0 saturated carbocycles. The van der Waals surface area contributed by atoms with Gasteiger partial charge in [0.25, 0.3) is 10.0 Å². The molecule has 0 radical (unpaired) electrons. The van der Waals surface area contributed by atoms with Gasteiger partial charge >= 0.3 is 5.97 Å². The third-order valence-electron chi connectivity index (χ3n) is 2.54. The summed E-state index contributed by atoms with van der Waals surface area (Å²) in [6, 6.07) is 4.51. The number of esters is 1. The van der Waals surface area contributed by atoms with Crippen LogP contribution in [0.4, 0.5) is 0 Å². The van der Waals surface area contributed by atoms with Crippen LogP contribution in [0.5, 0.6) is 0 Å². The van der Waals surface area contributed by atoms with Crippen LogP contribution in [-0.2, 0) is 19.6 Å². The predicted octanol–water partition coefficient (Wildman–Crippen LogP) is 0.687. The van der Waals surface area contributed by atoms with E-state index in [4.69, 9.17) is 0 Å². The minimum Gasteiger partial charge on any atom is -0.505 e. The Morgan fingerprint density at radius 3 is 2.67 bits per heavy atom. The average Bonchev–Trinajstić information content (AvgIpc) is 2.33. The minimum atomic E-state index is -3.87. The van der Waals surface area contributed by atoms with E-state index in [2.05, 4.69) is 4.74 Å². The fraction of sp³-hybridized carbons (Fsp3) is 0.182. The van der Waals surface area contributed by atoms with Gasteiger partial charge in [0.15, 0.2) is 11.5 Å². The number of aryl methyl sites for hydroxylation is 1. The Labute approximate surface area is 104 Å². The summed E-state index contributed by atoms with van der Waals surface area (Å²) in [6.45, 7) is 1.73. The van der Waals surface area contributed by atoms with Gasteiger partial charge in [-0.05, 0) is 24.6 Å². The summed E-state index contributed by atoms with van der Waals surface area (Å²) in [5, 5.41) is 9.90. The number of carbonyl (C=O) groups excluding carboxylic acids is 1. The van der Waals surface area contributed by atoms with E-state index in [-0.39, 0.29) is 10.5 Å². The van der Waals surface area contributed by atoms with Crippen LogP contribution in [0, 0.1) is 6.92 Å². The summed E-state index contributed by atoms with van der Waals surface area (Å²) in [6.07, 6.45) is 0. The van der Waals surface area contributed by atoms with Crippen molar-refractivity contribution in [3.8, 4) is 0 Å². The molecular formula is C11H11NO5S. The Morgan fingerprint density at radius 2 is 2.06 bits per heavy atom. The quantitative estimate of drug-likeness (QED) is 0.732. The smallest absolute Gasteiger partial charge is 0.359 e. The first kappa shape index (κ1) is 12.4. The van der Waals surface area contributed by atoms with Crippen LogP contribution in [0.15, 0.2) is 28.8 Å². The fourth-order valence-electron chi connectivity index (χ4n) is 1.66. The summed E-state index contributed by atoms with van der Waals surface area (Å²) in [4.78, 5) is 11.3. The number of aliphatic hydroxyl groups excluding tert-OH is 1. The number of hydrogen-bond donors (Lipinski definition) is 2. The van der Waals surface area contributed by atoms with E-state index in [1.165, 1.54) is 12.1 Å². The Hall–Kier alpha value is -2.02. The largest absolute Gasteiger partial charge is 0.505 e. The van der Waals surface area contributed by atoms with E-state index < -0.39 is 27.4 Å². The monoisotopic (exact) mass is 269 g/mol. The molecule has 0 fully saturated rings. The van der Waals surface area contributed by atoms with Crippen molar-refractivity contribution >= 4 is 21.8 Å². The average molecular weight is 269 g/mol. The Morgan fingerprint density at radius 1 is 1.39 bits per heavy atom. The maximum absolute atomic E-state index is 11.9. The van der Waals surface area contributed by atoms with Crippen molar-refractivity contribution in [2.24, 2.45) is 0 Å². The number of sulfonamides is 1. The Kier molecular flexibility index (Phi) is 2.78. The summed E-state index contributed by atoms with van der Waals surface area (Å²) in [7, 11) is -2.77. The van der Waals surface area contributed by atoms with Crippen molar-refractivity contribution in [2.45, 2.75) is 11.8 Å². The van der Waals surface area contributed by atoms with Gasteiger partial charge in [0.2, 0.25) is 0 Å². The molecule has 1 aromatic carbocycles. The molecule has 0 amide bonds. The molecule has 0 saturated heterocycles. The lowest BCUT2D eigenvalue weighted by atomic mass is 10.1. The van der Waals surface area contributed by atoms with Crippen molar-refractivity contribution in [3.63, 3.8) is 0 Å². The molecule has 0 atom stereocenters. The molecule has 1 aliphatic heterocycles. The first-order chi connectivity index (χ1) is 8.36. The van der Waals surface area contributed by atoms with Crippen LogP contribution in [0.25, 0.3) is 5.76 Å². The number of rotatable bonds is 1. The highest BCUT2D eigenvalue weighted by atomic mass is 32.2. The van der Waals surface area contributed by atoms with Crippen molar-refractivity contribution in [2.75, 3.05) is 7.11 Å². The molecule has 7 heteroatoms. The standard InChI is InChI=1S/C11H11NO5S/c1-6-3-4-7-8(5-6)18(15,16)12-9(10(7)13)11(14)17-2/h3-5,12-13H,1-2H3. The van der Waals surface area contributed by atoms with Gasteiger partial charge in [-0.2, -0.15) is 0 Å². The molecule has 0 spiro atoms. The topological polar surface area (TPSA) is 92.7 Å². The van der Waals surface area contributed by atoms with Gasteiger partial charge in [0.05, 0.1) is 12.0 Å². The van der Waals surface area contributed by atoms with E-state index in [0.29, 0.717) is 0 Å². The number of benzene rings is 1. The van der Waals surface area contributed by atoms with Crippen LogP contribution in [0.1, 0.15) is 11.1 Å². The molecule has 96 valence electrons. The molecule has 0 aromatic heterocycles. The van der Waals surface area contributed by atoms with Gasteiger partial charge in [-0.15, -0.1) is 0 Å². The number of hydrogen-bond acceptors (Lipinski definition) is 5. The number of methoxy groups -OCH3 is 1. The molecule has 6 nitrogen and oxygen atoms in total. The lowest BCUT2D eigenvalue weighted by Gasteiger charge is -2.20. The second kappa shape index (κ2) is 4.02. The zero-order valence-corrected chi connectivity index (χ0v) is 10.5. The molecule has 1 aromatic rings. The number of fused-ring (bicyclic) bond motifs is 1.